The highest BCUT2D eigenvalue weighted by molar-refractivity contribution is 14.0. The summed E-state index contributed by atoms with van der Waals surface area (Å²) in [7, 11) is 0. The SMILES string of the molecule is CC1(CN=C(N)Nc2ccccc2)CCCCC1O.I. The summed E-state index contributed by atoms with van der Waals surface area (Å²) in [4.78, 5) is 4.39. The molecule has 0 aliphatic heterocycles. The number of aliphatic hydroxyl groups excluding tert-OH is 1. The summed E-state index contributed by atoms with van der Waals surface area (Å²) < 4.78 is 0. The van der Waals surface area contributed by atoms with Gasteiger partial charge >= 0.3 is 0 Å². The van der Waals surface area contributed by atoms with Crippen molar-refractivity contribution in [1.82, 2.24) is 0 Å². The standard InChI is InChI=1S/C15H23N3O.HI/c1-15(10-6-5-9-13(15)19)11-17-14(16)18-12-7-3-2-4-8-12;/h2-4,7-8,13,19H,5-6,9-11H2,1H3,(H3,16,17,18);1H. The van der Waals surface area contributed by atoms with E-state index in [-0.39, 0.29) is 35.5 Å². The number of anilines is 1. The molecule has 0 aromatic heterocycles. The van der Waals surface area contributed by atoms with Gasteiger partial charge in [0.2, 0.25) is 0 Å². The van der Waals surface area contributed by atoms with Crippen molar-refractivity contribution in [2.75, 3.05) is 11.9 Å². The molecule has 0 radical (unpaired) electrons. The van der Waals surface area contributed by atoms with Crippen LogP contribution in [0, 0.1) is 5.41 Å². The summed E-state index contributed by atoms with van der Waals surface area (Å²) in [5, 5.41) is 13.2. The Morgan fingerprint density at radius 3 is 2.75 bits per heavy atom. The number of para-hydroxylation sites is 1. The fraction of sp³-hybridized carbons (Fsp3) is 0.533. The van der Waals surface area contributed by atoms with Crippen molar-refractivity contribution >= 4 is 35.6 Å². The van der Waals surface area contributed by atoms with Gasteiger partial charge in [-0.25, -0.2) is 0 Å². The van der Waals surface area contributed by atoms with Gasteiger partial charge in [0.05, 0.1) is 12.6 Å². The van der Waals surface area contributed by atoms with E-state index in [4.69, 9.17) is 5.73 Å². The number of aliphatic imine (C=N–C) groups is 1. The molecular formula is C15H24IN3O. The van der Waals surface area contributed by atoms with Gasteiger partial charge in [0.15, 0.2) is 5.96 Å². The maximum absolute atomic E-state index is 10.1. The lowest BCUT2D eigenvalue weighted by Crippen LogP contribution is -2.39. The van der Waals surface area contributed by atoms with Crippen LogP contribution >= 0.6 is 24.0 Å². The number of aliphatic hydroxyl groups is 1. The number of nitrogens with zero attached hydrogens (tertiary/aromatic N) is 1. The zero-order valence-electron chi connectivity index (χ0n) is 11.9. The Labute approximate surface area is 137 Å². The van der Waals surface area contributed by atoms with Crippen LogP contribution in [-0.2, 0) is 0 Å². The van der Waals surface area contributed by atoms with Gasteiger partial charge in [0, 0.05) is 11.1 Å². The molecule has 20 heavy (non-hydrogen) atoms. The Kier molecular flexibility index (Phi) is 6.75. The van der Waals surface area contributed by atoms with Gasteiger partial charge in [-0.2, -0.15) is 0 Å². The van der Waals surface area contributed by atoms with E-state index in [0.717, 1.165) is 31.4 Å². The zero-order valence-corrected chi connectivity index (χ0v) is 14.2. The first-order valence-electron chi connectivity index (χ1n) is 6.90. The predicted octanol–water partition coefficient (Wildman–Crippen LogP) is 2.97. The van der Waals surface area contributed by atoms with Gasteiger partial charge in [-0.15, -0.1) is 24.0 Å². The molecule has 2 atom stereocenters. The normalized spacial score (nSPS) is 26.7. The fourth-order valence-corrected chi connectivity index (χ4v) is 2.54. The van der Waals surface area contributed by atoms with Gasteiger partial charge in [0.25, 0.3) is 0 Å². The lowest BCUT2D eigenvalue weighted by atomic mass is 9.73. The third-order valence-corrected chi connectivity index (χ3v) is 3.94. The lowest BCUT2D eigenvalue weighted by molar-refractivity contribution is 0.00724. The number of guanidine groups is 1. The largest absolute Gasteiger partial charge is 0.392 e. The zero-order chi connectivity index (χ0) is 13.7. The molecule has 4 nitrogen and oxygen atoms in total. The number of benzene rings is 1. The number of nitrogens with two attached hydrogens (primary N) is 1. The Balaban J connectivity index is 0.00000200. The molecule has 1 saturated carbocycles. The van der Waals surface area contributed by atoms with Crippen molar-refractivity contribution in [3.63, 3.8) is 0 Å². The topological polar surface area (TPSA) is 70.6 Å². The van der Waals surface area contributed by atoms with Crippen molar-refractivity contribution in [3.8, 4) is 0 Å². The van der Waals surface area contributed by atoms with Crippen LogP contribution in [0.3, 0.4) is 0 Å². The monoisotopic (exact) mass is 389 g/mol. The first kappa shape index (κ1) is 17.2. The van der Waals surface area contributed by atoms with Crippen LogP contribution in [0.5, 0.6) is 0 Å². The second-order valence-corrected chi connectivity index (χ2v) is 5.61. The molecule has 4 N–H and O–H groups in total. The maximum Gasteiger partial charge on any atom is 0.193 e. The maximum atomic E-state index is 10.1. The molecule has 1 aromatic rings. The quantitative estimate of drug-likeness (QED) is 0.423. The molecule has 2 rings (SSSR count). The summed E-state index contributed by atoms with van der Waals surface area (Å²) >= 11 is 0. The van der Waals surface area contributed by atoms with Crippen molar-refractivity contribution in [1.29, 1.82) is 0 Å². The van der Waals surface area contributed by atoms with Crippen LogP contribution < -0.4 is 11.1 Å². The molecule has 1 aliphatic rings. The minimum absolute atomic E-state index is 0. The van der Waals surface area contributed by atoms with Crippen molar-refractivity contribution in [2.24, 2.45) is 16.1 Å². The molecule has 0 spiro atoms. The lowest BCUT2D eigenvalue weighted by Gasteiger charge is -2.37. The molecule has 112 valence electrons. The van der Waals surface area contributed by atoms with E-state index in [9.17, 15) is 5.11 Å². The summed E-state index contributed by atoms with van der Waals surface area (Å²) in [6.45, 7) is 2.66. The van der Waals surface area contributed by atoms with Gasteiger partial charge < -0.3 is 16.2 Å². The molecule has 0 bridgehead atoms. The first-order chi connectivity index (χ1) is 9.10. The van der Waals surface area contributed by atoms with E-state index >= 15 is 0 Å². The fourth-order valence-electron chi connectivity index (χ4n) is 2.54. The van der Waals surface area contributed by atoms with E-state index in [0.29, 0.717) is 12.5 Å². The van der Waals surface area contributed by atoms with Crippen molar-refractivity contribution in [3.05, 3.63) is 30.3 Å². The highest BCUT2D eigenvalue weighted by Crippen LogP contribution is 2.36. The molecule has 0 amide bonds. The molecule has 1 aromatic carbocycles. The highest BCUT2D eigenvalue weighted by atomic mass is 127. The van der Waals surface area contributed by atoms with Crippen LogP contribution in [0.25, 0.3) is 0 Å². The summed E-state index contributed by atoms with van der Waals surface area (Å²) in [6, 6.07) is 9.74. The van der Waals surface area contributed by atoms with Crippen LogP contribution in [0.1, 0.15) is 32.6 Å². The second-order valence-electron chi connectivity index (χ2n) is 5.61. The average molecular weight is 389 g/mol. The summed E-state index contributed by atoms with van der Waals surface area (Å²) in [5.41, 5.74) is 6.68. The Morgan fingerprint density at radius 1 is 1.40 bits per heavy atom. The van der Waals surface area contributed by atoms with E-state index in [2.05, 4.69) is 17.2 Å². The van der Waals surface area contributed by atoms with E-state index in [1.807, 2.05) is 30.3 Å². The minimum Gasteiger partial charge on any atom is -0.392 e. The van der Waals surface area contributed by atoms with Gasteiger partial charge in [-0.3, -0.25) is 4.99 Å². The summed E-state index contributed by atoms with van der Waals surface area (Å²) in [6.07, 6.45) is 3.89. The smallest absolute Gasteiger partial charge is 0.193 e. The van der Waals surface area contributed by atoms with E-state index in [1.54, 1.807) is 0 Å². The molecule has 0 heterocycles. The average Bonchev–Trinajstić information content (AvgIpc) is 2.41. The van der Waals surface area contributed by atoms with E-state index < -0.39 is 0 Å². The number of rotatable bonds is 3. The molecule has 1 aliphatic carbocycles. The van der Waals surface area contributed by atoms with Gasteiger partial charge in [0.1, 0.15) is 0 Å². The van der Waals surface area contributed by atoms with Gasteiger partial charge in [-0.05, 0) is 25.0 Å². The third kappa shape index (κ3) is 4.63. The Bertz CT molecular complexity index is 438. The second kappa shape index (κ2) is 7.83. The first-order valence-corrected chi connectivity index (χ1v) is 6.90. The number of nitrogens with one attached hydrogen (secondary N) is 1. The number of halogens is 1. The highest BCUT2D eigenvalue weighted by Gasteiger charge is 2.35. The summed E-state index contributed by atoms with van der Waals surface area (Å²) in [5.74, 6) is 0.408. The molecular weight excluding hydrogens is 365 g/mol. The Morgan fingerprint density at radius 2 is 2.10 bits per heavy atom. The number of hydrogen-bond donors (Lipinski definition) is 3. The number of hydrogen-bond acceptors (Lipinski definition) is 2. The third-order valence-electron chi connectivity index (χ3n) is 3.94. The van der Waals surface area contributed by atoms with Crippen molar-refractivity contribution < 1.29 is 5.11 Å². The molecule has 5 heteroatoms. The van der Waals surface area contributed by atoms with Gasteiger partial charge in [-0.1, -0.05) is 38.0 Å². The molecule has 0 saturated heterocycles. The Hall–Kier alpha value is -0.820. The van der Waals surface area contributed by atoms with E-state index in [1.165, 1.54) is 0 Å². The van der Waals surface area contributed by atoms with Crippen LogP contribution in [0.2, 0.25) is 0 Å². The van der Waals surface area contributed by atoms with Crippen LogP contribution in [0.4, 0.5) is 5.69 Å². The van der Waals surface area contributed by atoms with Crippen LogP contribution in [0.15, 0.2) is 35.3 Å². The minimum atomic E-state index is -0.269. The molecule has 1 fully saturated rings. The van der Waals surface area contributed by atoms with Crippen LogP contribution in [-0.4, -0.2) is 23.7 Å². The predicted molar refractivity (Wildman–Crippen MR) is 94.6 cm³/mol. The van der Waals surface area contributed by atoms with Crippen molar-refractivity contribution in [2.45, 2.75) is 38.7 Å². The molecule has 2 unspecified atom stereocenters.